The molecule has 1 nitrogen and oxygen atoms in total. The Morgan fingerprint density at radius 1 is 1.06 bits per heavy atom. The molecule has 0 radical (unpaired) electrons. The molecule has 0 aromatic heterocycles. The van der Waals surface area contributed by atoms with Gasteiger partial charge in [-0.15, -0.1) is 0 Å². The lowest BCUT2D eigenvalue weighted by atomic mass is 10.1. The zero-order valence-electron chi connectivity index (χ0n) is 9.11. The van der Waals surface area contributed by atoms with Gasteiger partial charge in [0.1, 0.15) is 5.82 Å². The maximum Gasteiger partial charge on any atom is 0.123 e. The fourth-order valence-corrected chi connectivity index (χ4v) is 2.66. The van der Waals surface area contributed by atoms with Gasteiger partial charge in [-0.05, 0) is 35.4 Å². The summed E-state index contributed by atoms with van der Waals surface area (Å²) in [6.07, 6.45) is 1.58. The summed E-state index contributed by atoms with van der Waals surface area (Å²) in [5.74, 6) is -0.272. The third-order valence-electron chi connectivity index (χ3n) is 2.42. The van der Waals surface area contributed by atoms with Crippen molar-refractivity contribution in [1.29, 1.82) is 0 Å². The first-order valence-corrected chi connectivity index (χ1v) is 6.90. The van der Waals surface area contributed by atoms with Gasteiger partial charge in [0, 0.05) is 6.26 Å². The zero-order valence-corrected chi connectivity index (χ0v) is 10.7. The largest absolute Gasteiger partial charge is 0.255 e. The fourth-order valence-electron chi connectivity index (χ4n) is 1.56. The first-order valence-electron chi connectivity index (χ1n) is 4.97. The SMILES string of the molecule is CS(=O)c1ccc(-c2ccc(F)cc2)cc1Cl. The minimum absolute atomic E-state index is 0.272. The van der Waals surface area contributed by atoms with E-state index in [9.17, 15) is 8.60 Å². The van der Waals surface area contributed by atoms with Crippen molar-refractivity contribution in [1.82, 2.24) is 0 Å². The van der Waals surface area contributed by atoms with Crippen LogP contribution >= 0.6 is 11.6 Å². The first kappa shape index (κ1) is 12.3. The standard InChI is InChI=1S/C13H10ClFOS/c1-17(16)13-7-4-10(8-12(13)14)9-2-5-11(15)6-3-9/h2-8H,1H3. The number of hydrogen-bond donors (Lipinski definition) is 0. The number of hydrogen-bond acceptors (Lipinski definition) is 1. The van der Waals surface area contributed by atoms with Crippen molar-refractivity contribution in [3.63, 3.8) is 0 Å². The van der Waals surface area contributed by atoms with Crippen LogP contribution in [0.3, 0.4) is 0 Å². The maximum absolute atomic E-state index is 12.8. The molecule has 0 aliphatic carbocycles. The summed E-state index contributed by atoms with van der Waals surface area (Å²) < 4.78 is 24.1. The molecule has 0 N–H and O–H groups in total. The first-order chi connectivity index (χ1) is 8.08. The molecule has 0 bridgehead atoms. The van der Waals surface area contributed by atoms with Gasteiger partial charge in [-0.25, -0.2) is 4.39 Å². The Morgan fingerprint density at radius 3 is 2.18 bits per heavy atom. The Bertz CT molecular complexity index is 566. The molecule has 0 aliphatic rings. The predicted octanol–water partition coefficient (Wildman–Crippen LogP) is 3.88. The molecular formula is C13H10ClFOS. The molecule has 1 unspecified atom stereocenters. The van der Waals surface area contributed by atoms with E-state index in [4.69, 9.17) is 11.6 Å². The Kier molecular flexibility index (Phi) is 3.60. The van der Waals surface area contributed by atoms with E-state index in [1.807, 2.05) is 6.07 Å². The van der Waals surface area contributed by atoms with Crippen molar-refractivity contribution < 1.29 is 8.60 Å². The van der Waals surface area contributed by atoms with Crippen LogP contribution in [0.2, 0.25) is 5.02 Å². The lowest BCUT2D eigenvalue weighted by Gasteiger charge is -2.05. The Morgan fingerprint density at radius 2 is 1.65 bits per heavy atom. The van der Waals surface area contributed by atoms with Gasteiger partial charge in [-0.3, -0.25) is 4.21 Å². The van der Waals surface area contributed by atoms with Crippen LogP contribution in [0, 0.1) is 5.82 Å². The molecule has 2 aromatic carbocycles. The summed E-state index contributed by atoms with van der Waals surface area (Å²) in [6.45, 7) is 0. The maximum atomic E-state index is 12.8. The highest BCUT2D eigenvalue weighted by Crippen LogP contribution is 2.27. The topological polar surface area (TPSA) is 17.1 Å². The second-order valence-electron chi connectivity index (χ2n) is 3.61. The average Bonchev–Trinajstić information content (AvgIpc) is 2.29. The van der Waals surface area contributed by atoms with Crippen LogP contribution in [-0.4, -0.2) is 10.5 Å². The van der Waals surface area contributed by atoms with Crippen LogP contribution < -0.4 is 0 Å². The third-order valence-corrected chi connectivity index (χ3v) is 3.82. The summed E-state index contributed by atoms with van der Waals surface area (Å²) in [5, 5.41) is 0.465. The van der Waals surface area contributed by atoms with Crippen LogP contribution in [0.1, 0.15) is 0 Å². The summed E-state index contributed by atoms with van der Waals surface area (Å²) in [4.78, 5) is 0.609. The van der Waals surface area contributed by atoms with Crippen LogP contribution in [0.15, 0.2) is 47.4 Å². The Hall–Kier alpha value is -1.19. The van der Waals surface area contributed by atoms with E-state index in [2.05, 4.69) is 0 Å². The molecule has 0 aliphatic heterocycles. The van der Waals surface area contributed by atoms with E-state index in [0.717, 1.165) is 11.1 Å². The molecule has 1 atom stereocenters. The second kappa shape index (κ2) is 4.98. The van der Waals surface area contributed by atoms with Gasteiger partial charge in [0.15, 0.2) is 0 Å². The molecular weight excluding hydrogens is 259 g/mol. The Balaban J connectivity index is 2.44. The molecule has 0 fully saturated rings. The van der Waals surface area contributed by atoms with Crippen molar-refractivity contribution in [2.45, 2.75) is 4.90 Å². The molecule has 17 heavy (non-hydrogen) atoms. The van der Waals surface area contributed by atoms with E-state index in [1.165, 1.54) is 12.1 Å². The smallest absolute Gasteiger partial charge is 0.123 e. The third kappa shape index (κ3) is 2.73. The molecule has 4 heteroatoms. The van der Waals surface area contributed by atoms with Crippen molar-refractivity contribution in [3.05, 3.63) is 53.3 Å². The molecule has 2 aromatic rings. The molecule has 0 spiro atoms. The van der Waals surface area contributed by atoms with Crippen molar-refractivity contribution in [2.24, 2.45) is 0 Å². The second-order valence-corrected chi connectivity index (χ2v) is 5.36. The number of halogens is 2. The van der Waals surface area contributed by atoms with Crippen LogP contribution in [0.5, 0.6) is 0 Å². The Labute approximate surface area is 107 Å². The highest BCUT2D eigenvalue weighted by molar-refractivity contribution is 7.84. The van der Waals surface area contributed by atoms with Crippen molar-refractivity contribution >= 4 is 22.4 Å². The fraction of sp³-hybridized carbons (Fsp3) is 0.0769. The van der Waals surface area contributed by atoms with Gasteiger partial charge in [-0.1, -0.05) is 29.8 Å². The van der Waals surface area contributed by atoms with Gasteiger partial charge in [0.2, 0.25) is 0 Å². The lowest BCUT2D eigenvalue weighted by Crippen LogP contribution is -1.89. The quantitative estimate of drug-likeness (QED) is 0.808. The van der Waals surface area contributed by atoms with Crippen LogP contribution in [0.25, 0.3) is 11.1 Å². The van der Waals surface area contributed by atoms with Crippen LogP contribution in [-0.2, 0) is 10.8 Å². The lowest BCUT2D eigenvalue weighted by molar-refractivity contribution is 0.628. The van der Waals surface area contributed by atoms with Crippen molar-refractivity contribution in [3.8, 4) is 11.1 Å². The molecule has 0 saturated carbocycles. The molecule has 0 amide bonds. The zero-order chi connectivity index (χ0) is 12.4. The van der Waals surface area contributed by atoms with E-state index >= 15 is 0 Å². The normalized spacial score (nSPS) is 12.4. The monoisotopic (exact) mass is 268 g/mol. The summed E-state index contributed by atoms with van der Waals surface area (Å²) in [7, 11) is -1.10. The summed E-state index contributed by atoms with van der Waals surface area (Å²) in [6, 6.07) is 11.5. The highest BCUT2D eigenvalue weighted by Gasteiger charge is 2.06. The van der Waals surface area contributed by atoms with Crippen molar-refractivity contribution in [2.75, 3.05) is 6.26 Å². The number of rotatable bonds is 2. The molecule has 88 valence electrons. The highest BCUT2D eigenvalue weighted by atomic mass is 35.5. The van der Waals surface area contributed by atoms with E-state index in [1.54, 1.807) is 30.5 Å². The predicted molar refractivity (Wildman–Crippen MR) is 69.2 cm³/mol. The van der Waals surface area contributed by atoms with E-state index in [0.29, 0.717) is 9.92 Å². The molecule has 2 rings (SSSR count). The van der Waals surface area contributed by atoms with E-state index in [-0.39, 0.29) is 5.82 Å². The van der Waals surface area contributed by atoms with E-state index < -0.39 is 10.8 Å². The summed E-state index contributed by atoms with van der Waals surface area (Å²) >= 11 is 6.04. The van der Waals surface area contributed by atoms with Gasteiger partial charge in [0.05, 0.1) is 20.7 Å². The minimum Gasteiger partial charge on any atom is -0.255 e. The molecule has 0 saturated heterocycles. The summed E-state index contributed by atoms with van der Waals surface area (Å²) in [5.41, 5.74) is 1.76. The number of benzene rings is 2. The average molecular weight is 269 g/mol. The van der Waals surface area contributed by atoms with Gasteiger partial charge in [-0.2, -0.15) is 0 Å². The minimum atomic E-state index is -1.10. The molecule has 0 heterocycles. The van der Waals surface area contributed by atoms with Gasteiger partial charge >= 0.3 is 0 Å². The van der Waals surface area contributed by atoms with Crippen LogP contribution in [0.4, 0.5) is 4.39 Å². The van der Waals surface area contributed by atoms with Gasteiger partial charge in [0.25, 0.3) is 0 Å². The van der Waals surface area contributed by atoms with Gasteiger partial charge < -0.3 is 0 Å².